The van der Waals surface area contributed by atoms with Crippen molar-refractivity contribution in [2.45, 2.75) is 0 Å². The SMILES string of the molecule is c1ccc(-n2c3ccccc3c3cc(-c4ccc(N(c5ccc(-c6cccc7ccccc67)cc5)c5ccc(-n6c7ccccc7c7ccccc76)c6ccccc56)c5ccccc45)ccc32)cc1. The predicted molar refractivity (Wildman–Crippen MR) is 293 cm³/mol. The average Bonchev–Trinajstić information content (AvgIpc) is 3.94. The molecule has 0 spiro atoms. The first-order chi connectivity index (χ1) is 34.3. The van der Waals surface area contributed by atoms with E-state index in [0.29, 0.717) is 0 Å². The Morgan fingerprint density at radius 3 is 1.43 bits per heavy atom. The van der Waals surface area contributed by atoms with Crippen molar-refractivity contribution in [3.8, 4) is 33.6 Å². The number of hydrogen-bond donors (Lipinski definition) is 0. The minimum absolute atomic E-state index is 1.08. The zero-order chi connectivity index (χ0) is 45.4. The normalized spacial score (nSPS) is 11.8. The fourth-order valence-electron chi connectivity index (χ4n) is 11.2. The van der Waals surface area contributed by atoms with Crippen LogP contribution in [0.4, 0.5) is 17.1 Å². The first-order valence-corrected chi connectivity index (χ1v) is 23.8. The summed E-state index contributed by atoms with van der Waals surface area (Å²) < 4.78 is 4.83. The van der Waals surface area contributed by atoms with Crippen LogP contribution in [0.1, 0.15) is 0 Å². The Morgan fingerprint density at radius 1 is 0.261 bits per heavy atom. The quantitative estimate of drug-likeness (QED) is 0.155. The second-order valence-electron chi connectivity index (χ2n) is 18.0. The van der Waals surface area contributed by atoms with Crippen molar-refractivity contribution in [3.05, 3.63) is 261 Å². The van der Waals surface area contributed by atoms with Gasteiger partial charge in [-0.05, 0) is 111 Å². The minimum atomic E-state index is 1.08. The summed E-state index contributed by atoms with van der Waals surface area (Å²) in [5.74, 6) is 0. The molecular formula is C66H43N3. The largest absolute Gasteiger partial charge is 0.309 e. The van der Waals surface area contributed by atoms with Crippen LogP contribution in [-0.4, -0.2) is 9.13 Å². The standard InChI is InChI=1S/C66H43N3/c1-2-19-47(20-3-1)67-60-30-13-12-28-58(60)59-43-46(35-39-66(59)67)51-38-40-63(53-23-7-6-22-52(51)53)68(48-36-33-45(34-37-48)50-29-16-18-44-17-4-5-21-49(44)50)64-41-42-65(57-25-9-8-24-56(57)64)69-61-31-14-10-26-54(61)55-27-11-15-32-62(55)69/h1-43H. The number of rotatable bonds is 7. The lowest BCUT2D eigenvalue weighted by atomic mass is 9.94. The minimum Gasteiger partial charge on any atom is -0.309 e. The highest BCUT2D eigenvalue weighted by Gasteiger charge is 2.23. The van der Waals surface area contributed by atoms with Crippen LogP contribution in [0.15, 0.2) is 261 Å². The summed E-state index contributed by atoms with van der Waals surface area (Å²) in [6, 6.07) is 95.6. The second-order valence-corrected chi connectivity index (χ2v) is 18.0. The molecule has 14 rings (SSSR count). The van der Waals surface area contributed by atoms with Gasteiger partial charge in [0.15, 0.2) is 0 Å². The molecule has 3 heteroatoms. The molecule has 0 unspecified atom stereocenters. The zero-order valence-corrected chi connectivity index (χ0v) is 37.7. The van der Waals surface area contributed by atoms with Gasteiger partial charge in [0, 0.05) is 49.1 Å². The Labute approximate surface area is 399 Å². The summed E-state index contributed by atoms with van der Waals surface area (Å²) >= 11 is 0. The monoisotopic (exact) mass is 877 g/mol. The fraction of sp³-hybridized carbons (Fsp3) is 0. The molecule has 0 atom stereocenters. The Balaban J connectivity index is 0.981. The van der Waals surface area contributed by atoms with Crippen LogP contribution >= 0.6 is 0 Å². The summed E-state index contributed by atoms with van der Waals surface area (Å²) in [4.78, 5) is 2.48. The van der Waals surface area contributed by atoms with Gasteiger partial charge in [-0.25, -0.2) is 0 Å². The molecule has 0 amide bonds. The Bertz CT molecular complexity index is 4250. The van der Waals surface area contributed by atoms with Gasteiger partial charge in [0.2, 0.25) is 0 Å². The van der Waals surface area contributed by atoms with Crippen LogP contribution in [0.3, 0.4) is 0 Å². The maximum absolute atomic E-state index is 2.48. The number of fused-ring (bicyclic) bond motifs is 9. The van der Waals surface area contributed by atoms with E-state index in [4.69, 9.17) is 0 Å². The van der Waals surface area contributed by atoms with Crippen LogP contribution < -0.4 is 4.90 Å². The molecule has 2 aromatic heterocycles. The zero-order valence-electron chi connectivity index (χ0n) is 37.7. The van der Waals surface area contributed by atoms with Gasteiger partial charge in [-0.15, -0.1) is 0 Å². The first-order valence-electron chi connectivity index (χ1n) is 23.8. The second kappa shape index (κ2) is 15.7. The predicted octanol–water partition coefficient (Wildman–Crippen LogP) is 18.1. The molecule has 0 aliphatic carbocycles. The van der Waals surface area contributed by atoms with E-state index in [1.165, 1.54) is 98.2 Å². The number of nitrogens with zero attached hydrogens (tertiary/aromatic N) is 3. The molecule has 0 aliphatic rings. The topological polar surface area (TPSA) is 13.1 Å². The fourth-order valence-corrected chi connectivity index (χ4v) is 11.2. The molecule has 0 saturated heterocycles. The third-order valence-electron chi connectivity index (χ3n) is 14.3. The van der Waals surface area contributed by atoms with Crippen LogP contribution in [0.25, 0.3) is 110 Å². The lowest BCUT2D eigenvalue weighted by molar-refractivity contribution is 1.18. The maximum atomic E-state index is 2.48. The number of hydrogen-bond acceptors (Lipinski definition) is 1. The highest BCUT2D eigenvalue weighted by molar-refractivity contribution is 6.15. The maximum Gasteiger partial charge on any atom is 0.0542 e. The lowest BCUT2D eigenvalue weighted by Crippen LogP contribution is -2.12. The van der Waals surface area contributed by atoms with Crippen LogP contribution in [0.2, 0.25) is 0 Å². The number of para-hydroxylation sites is 4. The Morgan fingerprint density at radius 2 is 0.739 bits per heavy atom. The molecule has 0 N–H and O–H groups in total. The van der Waals surface area contributed by atoms with Crippen LogP contribution in [0, 0.1) is 0 Å². The number of aromatic nitrogens is 2. The molecule has 0 radical (unpaired) electrons. The molecule has 0 aliphatic heterocycles. The van der Waals surface area contributed by atoms with Gasteiger partial charge in [0.25, 0.3) is 0 Å². The van der Waals surface area contributed by atoms with E-state index >= 15 is 0 Å². The molecular weight excluding hydrogens is 835 g/mol. The van der Waals surface area contributed by atoms with Gasteiger partial charge in [-0.3, -0.25) is 0 Å². The van der Waals surface area contributed by atoms with E-state index in [-0.39, 0.29) is 0 Å². The summed E-state index contributed by atoms with van der Waals surface area (Å²) in [5.41, 5.74) is 15.2. The smallest absolute Gasteiger partial charge is 0.0542 e. The van der Waals surface area contributed by atoms with Gasteiger partial charge in [-0.2, -0.15) is 0 Å². The molecule has 2 heterocycles. The van der Waals surface area contributed by atoms with Gasteiger partial charge in [0.1, 0.15) is 0 Å². The molecule has 0 saturated carbocycles. The van der Waals surface area contributed by atoms with Gasteiger partial charge in [0.05, 0.1) is 39.1 Å². The number of anilines is 3. The third-order valence-corrected chi connectivity index (χ3v) is 14.3. The van der Waals surface area contributed by atoms with E-state index in [1.807, 2.05) is 0 Å². The summed E-state index contributed by atoms with van der Waals surface area (Å²) in [6.45, 7) is 0. The van der Waals surface area contributed by atoms with Crippen LogP contribution in [0.5, 0.6) is 0 Å². The van der Waals surface area contributed by atoms with Crippen molar-refractivity contribution in [2.24, 2.45) is 0 Å². The van der Waals surface area contributed by atoms with Crippen molar-refractivity contribution in [1.29, 1.82) is 0 Å². The van der Waals surface area contributed by atoms with Crippen molar-refractivity contribution in [1.82, 2.24) is 9.13 Å². The summed E-state index contributed by atoms with van der Waals surface area (Å²) in [7, 11) is 0. The van der Waals surface area contributed by atoms with E-state index in [9.17, 15) is 0 Å². The van der Waals surface area contributed by atoms with Crippen molar-refractivity contribution in [3.63, 3.8) is 0 Å². The Hall–Kier alpha value is -9.18. The molecule has 12 aromatic carbocycles. The van der Waals surface area contributed by atoms with Gasteiger partial charge < -0.3 is 14.0 Å². The van der Waals surface area contributed by atoms with E-state index in [1.54, 1.807) is 0 Å². The van der Waals surface area contributed by atoms with Crippen molar-refractivity contribution < 1.29 is 0 Å². The molecule has 0 fully saturated rings. The molecule has 322 valence electrons. The first kappa shape index (κ1) is 39.0. The van der Waals surface area contributed by atoms with E-state index in [0.717, 1.165) is 28.4 Å². The molecule has 3 nitrogen and oxygen atoms in total. The highest BCUT2D eigenvalue weighted by Crippen LogP contribution is 2.47. The van der Waals surface area contributed by atoms with Crippen LogP contribution in [-0.2, 0) is 0 Å². The highest BCUT2D eigenvalue weighted by atomic mass is 15.1. The molecule has 69 heavy (non-hydrogen) atoms. The average molecular weight is 878 g/mol. The third kappa shape index (κ3) is 6.14. The molecule has 0 bridgehead atoms. The van der Waals surface area contributed by atoms with E-state index < -0.39 is 0 Å². The molecule has 14 aromatic rings. The summed E-state index contributed by atoms with van der Waals surface area (Å²) in [6.07, 6.45) is 0. The van der Waals surface area contributed by atoms with Crippen molar-refractivity contribution >= 4 is 93.0 Å². The Kier molecular flexibility index (Phi) is 8.90. The number of benzene rings is 12. The van der Waals surface area contributed by atoms with E-state index in [2.05, 4.69) is 275 Å². The van der Waals surface area contributed by atoms with Gasteiger partial charge >= 0.3 is 0 Å². The van der Waals surface area contributed by atoms with Gasteiger partial charge in [-0.1, -0.05) is 188 Å². The summed E-state index contributed by atoms with van der Waals surface area (Å²) in [5, 5.41) is 12.2. The lowest BCUT2D eigenvalue weighted by Gasteiger charge is -2.29. The van der Waals surface area contributed by atoms with Crippen molar-refractivity contribution in [2.75, 3.05) is 4.90 Å².